The second-order valence-corrected chi connectivity index (χ2v) is 8.26. The van der Waals surface area contributed by atoms with E-state index in [1.807, 2.05) is 29.2 Å². The smallest absolute Gasteiger partial charge is 0.265 e. The Labute approximate surface area is 209 Å². The van der Waals surface area contributed by atoms with E-state index in [-0.39, 0.29) is 36.5 Å². The Balaban J connectivity index is 0.00000363. The topological polar surface area (TPSA) is 78.4 Å². The van der Waals surface area contributed by atoms with Crippen molar-refractivity contribution in [3.63, 3.8) is 0 Å². The number of halogens is 1. The number of aliphatic imine (C=N–C) groups is 1. The minimum Gasteiger partial charge on any atom is -0.482 e. The summed E-state index contributed by atoms with van der Waals surface area (Å²) in [5.41, 5.74) is 0.851. The van der Waals surface area contributed by atoms with Crippen molar-refractivity contribution < 1.29 is 14.3 Å². The first-order chi connectivity index (χ1) is 15.1. The molecule has 0 aromatic heterocycles. The average Bonchev–Trinajstić information content (AvgIpc) is 2.78. The van der Waals surface area contributed by atoms with Gasteiger partial charge in [0.2, 0.25) is 0 Å². The number of amides is 1. The third kappa shape index (κ3) is 7.48. The molecular weight excluding hydrogens is 521 g/mol. The summed E-state index contributed by atoms with van der Waals surface area (Å²) in [7, 11) is 0. The third-order valence-corrected chi connectivity index (χ3v) is 5.72. The van der Waals surface area contributed by atoms with Gasteiger partial charge in [-0.25, -0.2) is 0 Å². The maximum atomic E-state index is 12.3. The molecule has 1 fully saturated rings. The Kier molecular flexibility index (Phi) is 11.5. The van der Waals surface area contributed by atoms with Gasteiger partial charge in [-0.05, 0) is 31.4 Å². The Bertz CT molecular complexity index is 740. The molecule has 2 N–H and O–H groups in total. The summed E-state index contributed by atoms with van der Waals surface area (Å²) in [4.78, 5) is 21.5. The van der Waals surface area contributed by atoms with E-state index in [1.54, 1.807) is 0 Å². The zero-order valence-electron chi connectivity index (χ0n) is 19.5. The van der Waals surface area contributed by atoms with E-state index in [9.17, 15) is 4.79 Å². The molecule has 2 aliphatic rings. The molecule has 0 spiro atoms. The van der Waals surface area contributed by atoms with Gasteiger partial charge in [-0.15, -0.1) is 24.0 Å². The molecule has 0 aliphatic carbocycles. The van der Waals surface area contributed by atoms with Crippen LogP contribution in [0.5, 0.6) is 5.75 Å². The summed E-state index contributed by atoms with van der Waals surface area (Å²) >= 11 is 0. The highest BCUT2D eigenvalue weighted by atomic mass is 127. The SMILES string of the molecule is CCNC(=NCC(C(C)C)N1CCOCC1)NCCCN1C(=O)COc2ccccc21.I. The fraction of sp³-hybridized carbons (Fsp3) is 0.652. The molecule has 0 radical (unpaired) electrons. The van der Waals surface area contributed by atoms with Crippen molar-refractivity contribution in [3.05, 3.63) is 24.3 Å². The van der Waals surface area contributed by atoms with E-state index in [4.69, 9.17) is 14.5 Å². The number of guanidine groups is 1. The predicted molar refractivity (Wildman–Crippen MR) is 139 cm³/mol. The van der Waals surface area contributed by atoms with Crippen LogP contribution in [0.1, 0.15) is 27.2 Å². The van der Waals surface area contributed by atoms with Crippen LogP contribution in [0.2, 0.25) is 0 Å². The van der Waals surface area contributed by atoms with Crippen LogP contribution >= 0.6 is 24.0 Å². The Morgan fingerprint density at radius 1 is 1.19 bits per heavy atom. The lowest BCUT2D eigenvalue weighted by Gasteiger charge is -2.36. The third-order valence-electron chi connectivity index (χ3n) is 5.72. The molecule has 1 amide bonds. The number of anilines is 1. The number of carbonyl (C=O) groups is 1. The zero-order valence-corrected chi connectivity index (χ0v) is 21.8. The summed E-state index contributed by atoms with van der Waals surface area (Å²) in [6.07, 6.45) is 0.821. The summed E-state index contributed by atoms with van der Waals surface area (Å²) in [6.45, 7) is 13.2. The number of ether oxygens (including phenoxy) is 2. The first kappa shape index (κ1) is 26.7. The minimum atomic E-state index is 0. The molecule has 1 aromatic carbocycles. The van der Waals surface area contributed by atoms with Gasteiger partial charge in [0.05, 0.1) is 25.4 Å². The number of nitrogens with one attached hydrogen (secondary N) is 2. The second-order valence-electron chi connectivity index (χ2n) is 8.26. The Morgan fingerprint density at radius 3 is 2.66 bits per heavy atom. The van der Waals surface area contributed by atoms with E-state index < -0.39 is 0 Å². The van der Waals surface area contributed by atoms with E-state index in [2.05, 4.69) is 36.3 Å². The van der Waals surface area contributed by atoms with Crippen molar-refractivity contribution >= 4 is 41.5 Å². The average molecular weight is 559 g/mol. The molecule has 1 atom stereocenters. The van der Waals surface area contributed by atoms with Gasteiger partial charge >= 0.3 is 0 Å². The molecule has 1 aromatic rings. The molecule has 3 rings (SSSR count). The molecule has 2 aliphatic heterocycles. The maximum absolute atomic E-state index is 12.3. The number of morpholine rings is 1. The van der Waals surface area contributed by atoms with Crippen molar-refractivity contribution in [3.8, 4) is 5.75 Å². The molecule has 1 saturated heterocycles. The van der Waals surface area contributed by atoms with Crippen LogP contribution in [-0.4, -0.2) is 81.9 Å². The van der Waals surface area contributed by atoms with Crippen LogP contribution in [0.4, 0.5) is 5.69 Å². The number of hydrogen-bond acceptors (Lipinski definition) is 5. The molecule has 8 nitrogen and oxygen atoms in total. The lowest BCUT2D eigenvalue weighted by Crippen LogP contribution is -2.48. The number of nitrogens with zero attached hydrogens (tertiary/aromatic N) is 3. The van der Waals surface area contributed by atoms with Crippen molar-refractivity contribution in [1.29, 1.82) is 0 Å². The molecule has 0 saturated carbocycles. The van der Waals surface area contributed by atoms with Crippen LogP contribution in [0.3, 0.4) is 0 Å². The van der Waals surface area contributed by atoms with E-state index >= 15 is 0 Å². The molecule has 180 valence electrons. The molecule has 1 unspecified atom stereocenters. The highest BCUT2D eigenvalue weighted by Crippen LogP contribution is 2.31. The van der Waals surface area contributed by atoms with Crippen LogP contribution in [-0.2, 0) is 9.53 Å². The van der Waals surface area contributed by atoms with Crippen molar-refractivity contribution in [2.45, 2.75) is 33.2 Å². The van der Waals surface area contributed by atoms with Crippen molar-refractivity contribution in [2.75, 3.05) is 64.0 Å². The first-order valence-electron chi connectivity index (χ1n) is 11.5. The molecule has 0 bridgehead atoms. The van der Waals surface area contributed by atoms with Gasteiger partial charge in [-0.1, -0.05) is 26.0 Å². The zero-order chi connectivity index (χ0) is 22.1. The highest BCUT2D eigenvalue weighted by Gasteiger charge is 2.25. The van der Waals surface area contributed by atoms with Crippen LogP contribution in [0.15, 0.2) is 29.3 Å². The normalized spacial score (nSPS) is 17.9. The second kappa shape index (κ2) is 13.8. The minimum absolute atomic E-state index is 0. The Hall–Kier alpha value is -1.59. The summed E-state index contributed by atoms with van der Waals surface area (Å²) in [6, 6.07) is 8.10. The van der Waals surface area contributed by atoms with Crippen molar-refractivity contribution in [1.82, 2.24) is 15.5 Å². The number of carbonyl (C=O) groups excluding carboxylic acids is 1. The van der Waals surface area contributed by atoms with Crippen LogP contribution in [0, 0.1) is 5.92 Å². The lowest BCUT2D eigenvalue weighted by molar-refractivity contribution is -0.121. The fourth-order valence-corrected chi connectivity index (χ4v) is 4.03. The van der Waals surface area contributed by atoms with E-state index in [0.717, 1.165) is 69.8 Å². The number of para-hydroxylation sites is 2. The van der Waals surface area contributed by atoms with Gasteiger partial charge in [0.25, 0.3) is 5.91 Å². The van der Waals surface area contributed by atoms with Crippen LogP contribution < -0.4 is 20.3 Å². The molecule has 9 heteroatoms. The number of benzene rings is 1. The standard InChI is InChI=1S/C23H37N5O3.HI/c1-4-24-23(26-16-20(18(2)3)27-12-14-30-15-13-27)25-10-7-11-28-19-8-5-6-9-21(19)31-17-22(28)29;/h5-6,8-9,18,20H,4,7,10-17H2,1-3H3,(H2,24,25,26);1H. The van der Waals surface area contributed by atoms with E-state index in [0.29, 0.717) is 18.5 Å². The van der Waals surface area contributed by atoms with Gasteiger partial charge in [0.15, 0.2) is 12.6 Å². The molecular formula is C23H38IN5O3. The van der Waals surface area contributed by atoms with Gasteiger partial charge in [-0.3, -0.25) is 14.7 Å². The quantitative estimate of drug-likeness (QED) is 0.210. The van der Waals surface area contributed by atoms with Gasteiger partial charge in [0.1, 0.15) is 5.75 Å². The lowest BCUT2D eigenvalue weighted by atomic mass is 10.0. The monoisotopic (exact) mass is 559 g/mol. The Morgan fingerprint density at radius 2 is 1.94 bits per heavy atom. The van der Waals surface area contributed by atoms with Gasteiger partial charge in [0, 0.05) is 38.8 Å². The maximum Gasteiger partial charge on any atom is 0.265 e. The highest BCUT2D eigenvalue weighted by molar-refractivity contribution is 14.0. The van der Waals surface area contributed by atoms with E-state index in [1.165, 1.54) is 0 Å². The fourth-order valence-electron chi connectivity index (χ4n) is 4.03. The van der Waals surface area contributed by atoms with Crippen LogP contribution in [0.25, 0.3) is 0 Å². The summed E-state index contributed by atoms with van der Waals surface area (Å²) < 4.78 is 11.0. The number of fused-ring (bicyclic) bond motifs is 1. The summed E-state index contributed by atoms with van der Waals surface area (Å²) in [5.74, 6) is 2.13. The molecule has 2 heterocycles. The predicted octanol–water partition coefficient (Wildman–Crippen LogP) is 2.33. The number of rotatable bonds is 9. The van der Waals surface area contributed by atoms with Gasteiger partial charge in [-0.2, -0.15) is 0 Å². The largest absolute Gasteiger partial charge is 0.482 e. The summed E-state index contributed by atoms with van der Waals surface area (Å²) in [5, 5.41) is 6.76. The molecule has 32 heavy (non-hydrogen) atoms. The van der Waals surface area contributed by atoms with Gasteiger partial charge < -0.3 is 25.0 Å². The van der Waals surface area contributed by atoms with Crippen molar-refractivity contribution in [2.24, 2.45) is 10.9 Å². The first-order valence-corrected chi connectivity index (χ1v) is 11.5. The number of hydrogen-bond donors (Lipinski definition) is 2.